The molecule has 2 saturated heterocycles. The van der Waals surface area contributed by atoms with Crippen LogP contribution in [0, 0.1) is 5.92 Å². The summed E-state index contributed by atoms with van der Waals surface area (Å²) >= 11 is 0. The molecule has 302 valence electrons. The lowest BCUT2D eigenvalue weighted by Crippen LogP contribution is -2.62. The second kappa shape index (κ2) is 24.4. The van der Waals surface area contributed by atoms with Crippen LogP contribution in [-0.2, 0) is 39.9 Å². The number of carbonyl (C=O) groups excluding carboxylic acids is 5. The Balaban J connectivity index is 1.36. The predicted octanol–water partition coefficient (Wildman–Crippen LogP) is 4.00. The molecule has 0 bridgehead atoms. The lowest BCUT2D eigenvalue weighted by atomic mass is 9.98. The number of ether oxygens (including phenoxy) is 1. The van der Waals surface area contributed by atoms with Crippen molar-refractivity contribution >= 4 is 35.5 Å². The van der Waals surface area contributed by atoms with Gasteiger partial charge in [-0.1, -0.05) is 121 Å². The number of primary amides is 1. The summed E-state index contributed by atoms with van der Waals surface area (Å²) in [6, 6.07) is 5.70. The van der Waals surface area contributed by atoms with Crippen LogP contribution in [-0.4, -0.2) is 82.5 Å². The van der Waals surface area contributed by atoms with Gasteiger partial charge in [0.05, 0.1) is 6.61 Å². The van der Waals surface area contributed by atoms with Gasteiger partial charge in [-0.2, -0.15) is 0 Å². The Kier molecular flexibility index (Phi) is 20.0. The van der Waals surface area contributed by atoms with E-state index in [0.717, 1.165) is 50.5 Å². The number of carboxylic acid groups (broad SMARTS) is 1. The summed E-state index contributed by atoms with van der Waals surface area (Å²) in [5.74, 6) is -3.19. The van der Waals surface area contributed by atoms with Crippen LogP contribution < -0.4 is 27.2 Å². The zero-order valence-corrected chi connectivity index (χ0v) is 32.3. The van der Waals surface area contributed by atoms with Gasteiger partial charge in [0, 0.05) is 19.3 Å². The second-order valence-electron chi connectivity index (χ2n) is 14.9. The van der Waals surface area contributed by atoms with E-state index in [0.29, 0.717) is 25.7 Å². The average Bonchev–Trinajstić information content (AvgIpc) is 3.59. The number of hydrazine groups is 1. The molecule has 0 spiro atoms. The maximum Gasteiger partial charge on any atom is 0.303 e. The highest BCUT2D eigenvalue weighted by atomic mass is 16.5. The average molecular weight is 757 g/mol. The molecule has 54 heavy (non-hydrogen) atoms. The first-order valence-electron chi connectivity index (χ1n) is 20.2. The minimum atomic E-state index is -0.946. The van der Waals surface area contributed by atoms with E-state index in [9.17, 15) is 28.8 Å². The first-order chi connectivity index (χ1) is 26.0. The summed E-state index contributed by atoms with van der Waals surface area (Å²) in [5, 5.41) is 14.3. The molecular weight excluding hydrogens is 692 g/mol. The SMILES string of the molecule is CC[C@H](C)[C@H](NNC(=O)C1COC2CC[C@H](NC(=O)CCCCCCCCCCCCCCCC(=O)O)C(=O)N21)C(=O)N[C@@H](Cc1ccccc1)C(N)=O. The number of rotatable bonds is 27. The van der Waals surface area contributed by atoms with Crippen molar-refractivity contribution in [2.24, 2.45) is 11.7 Å². The van der Waals surface area contributed by atoms with Gasteiger partial charge in [-0.15, -0.1) is 0 Å². The maximum atomic E-state index is 13.5. The largest absolute Gasteiger partial charge is 0.481 e. The van der Waals surface area contributed by atoms with Crippen molar-refractivity contribution in [3.63, 3.8) is 0 Å². The molecule has 2 fully saturated rings. The normalized spacial score (nSPS) is 19.7. The number of amides is 5. The molecule has 0 aliphatic carbocycles. The number of benzene rings is 1. The Morgan fingerprint density at radius 1 is 0.870 bits per heavy atom. The number of fused-ring (bicyclic) bond motifs is 1. The Hall–Kier alpha value is -4.04. The fourth-order valence-electron chi connectivity index (χ4n) is 7.07. The molecule has 7 N–H and O–H groups in total. The first kappa shape index (κ1) is 44.4. The molecule has 14 heteroatoms. The van der Waals surface area contributed by atoms with Gasteiger partial charge in [0.25, 0.3) is 5.91 Å². The molecule has 1 aromatic carbocycles. The lowest BCUT2D eigenvalue weighted by Gasteiger charge is -2.36. The molecule has 2 aliphatic rings. The van der Waals surface area contributed by atoms with Crippen LogP contribution in [0.1, 0.15) is 135 Å². The minimum absolute atomic E-state index is 0.0121. The van der Waals surface area contributed by atoms with Crippen LogP contribution in [0.15, 0.2) is 30.3 Å². The van der Waals surface area contributed by atoms with Gasteiger partial charge in [0.2, 0.25) is 23.6 Å². The molecule has 0 saturated carbocycles. The maximum absolute atomic E-state index is 13.5. The topological polar surface area (TPSA) is 209 Å². The van der Waals surface area contributed by atoms with E-state index in [1.807, 2.05) is 44.2 Å². The molecule has 0 radical (unpaired) electrons. The van der Waals surface area contributed by atoms with Gasteiger partial charge in [-0.05, 0) is 37.2 Å². The van der Waals surface area contributed by atoms with Crippen LogP contribution in [0.5, 0.6) is 0 Å². The van der Waals surface area contributed by atoms with Crippen LogP contribution in [0.2, 0.25) is 0 Å². The van der Waals surface area contributed by atoms with E-state index in [4.69, 9.17) is 15.6 Å². The Bertz CT molecular complexity index is 1350. The standard InChI is InChI=1S/C40H64N6O8/c1-3-28(2)36(39(52)43-31(37(41)50)26-29-20-16-15-17-21-29)44-45-38(51)32-27-54-34-25-24-30(40(53)46(32)34)42-33(47)22-18-13-11-9-7-5-4-6-8-10-12-14-19-23-35(48)49/h15-17,20-21,28,30-32,34,36,44H,3-14,18-19,22-27H2,1-2H3,(H2,41,50)(H,42,47)(H,43,52)(H,45,51)(H,48,49)/t28-,30-,31-,32?,34?,36-/m0/s1. The van der Waals surface area contributed by atoms with Crippen molar-refractivity contribution in [1.82, 2.24) is 26.4 Å². The molecule has 5 amide bonds. The van der Waals surface area contributed by atoms with Gasteiger partial charge in [0.1, 0.15) is 30.4 Å². The van der Waals surface area contributed by atoms with Gasteiger partial charge in [0.15, 0.2) is 0 Å². The summed E-state index contributed by atoms with van der Waals surface area (Å²) in [7, 11) is 0. The Morgan fingerprint density at radius 3 is 2.00 bits per heavy atom. The monoisotopic (exact) mass is 756 g/mol. The first-order valence-corrected chi connectivity index (χ1v) is 20.2. The molecular formula is C40H64N6O8. The van der Waals surface area contributed by atoms with Crippen molar-refractivity contribution in [3.8, 4) is 0 Å². The molecule has 1 aromatic rings. The zero-order valence-electron chi connectivity index (χ0n) is 32.3. The number of hydrogen-bond donors (Lipinski definition) is 6. The third kappa shape index (κ3) is 15.4. The van der Waals surface area contributed by atoms with Crippen molar-refractivity contribution in [2.75, 3.05) is 6.61 Å². The van der Waals surface area contributed by atoms with E-state index < -0.39 is 54.1 Å². The summed E-state index contributed by atoms with van der Waals surface area (Å²) in [6.45, 7) is 3.74. The molecule has 3 rings (SSSR count). The molecule has 14 nitrogen and oxygen atoms in total. The van der Waals surface area contributed by atoms with Crippen LogP contribution in [0.4, 0.5) is 0 Å². The molecule has 6 atom stereocenters. The van der Waals surface area contributed by atoms with E-state index in [1.165, 1.54) is 43.4 Å². The number of carbonyl (C=O) groups is 6. The van der Waals surface area contributed by atoms with Gasteiger partial charge in [-0.25, -0.2) is 5.43 Å². The number of aliphatic carboxylic acids is 1. The highest BCUT2D eigenvalue weighted by molar-refractivity contribution is 5.93. The molecule has 0 aromatic heterocycles. The van der Waals surface area contributed by atoms with Gasteiger partial charge in [-0.3, -0.25) is 34.2 Å². The van der Waals surface area contributed by atoms with Crippen molar-refractivity contribution in [2.45, 2.75) is 166 Å². The number of hydrogen-bond acceptors (Lipinski definition) is 8. The zero-order chi connectivity index (χ0) is 39.3. The number of nitrogens with two attached hydrogens (primary N) is 1. The van der Waals surface area contributed by atoms with Gasteiger partial charge < -0.3 is 31.1 Å². The predicted molar refractivity (Wildman–Crippen MR) is 204 cm³/mol. The summed E-state index contributed by atoms with van der Waals surface area (Å²) < 4.78 is 5.79. The third-order valence-electron chi connectivity index (χ3n) is 10.6. The fraction of sp³-hybridized carbons (Fsp3) is 0.700. The number of unbranched alkanes of at least 4 members (excludes halogenated alkanes) is 12. The second-order valence-corrected chi connectivity index (χ2v) is 14.9. The summed E-state index contributed by atoms with van der Waals surface area (Å²) in [4.78, 5) is 77.2. The van der Waals surface area contributed by atoms with E-state index in [-0.39, 0.29) is 37.2 Å². The van der Waals surface area contributed by atoms with E-state index in [2.05, 4.69) is 21.5 Å². The van der Waals surface area contributed by atoms with Crippen molar-refractivity contribution < 1.29 is 38.6 Å². The molecule has 2 heterocycles. The van der Waals surface area contributed by atoms with Crippen molar-refractivity contribution in [3.05, 3.63) is 35.9 Å². The minimum Gasteiger partial charge on any atom is -0.481 e. The van der Waals surface area contributed by atoms with E-state index in [1.54, 1.807) is 0 Å². The quantitative estimate of drug-likeness (QED) is 0.0566. The van der Waals surface area contributed by atoms with Crippen molar-refractivity contribution in [1.29, 1.82) is 0 Å². The number of nitrogens with zero attached hydrogens (tertiary/aromatic N) is 1. The highest BCUT2D eigenvalue weighted by Gasteiger charge is 2.47. The Labute approximate surface area is 320 Å². The third-order valence-corrected chi connectivity index (χ3v) is 10.6. The van der Waals surface area contributed by atoms with Gasteiger partial charge >= 0.3 is 5.97 Å². The smallest absolute Gasteiger partial charge is 0.303 e. The highest BCUT2D eigenvalue weighted by Crippen LogP contribution is 2.28. The summed E-state index contributed by atoms with van der Waals surface area (Å²) in [5.41, 5.74) is 11.9. The summed E-state index contributed by atoms with van der Waals surface area (Å²) in [6.07, 6.45) is 15.8. The van der Waals surface area contributed by atoms with Crippen LogP contribution >= 0.6 is 0 Å². The van der Waals surface area contributed by atoms with Crippen LogP contribution in [0.25, 0.3) is 0 Å². The van der Waals surface area contributed by atoms with Crippen LogP contribution in [0.3, 0.4) is 0 Å². The lowest BCUT2D eigenvalue weighted by molar-refractivity contribution is -0.150. The number of piperidine rings is 1. The fourth-order valence-corrected chi connectivity index (χ4v) is 7.07. The van der Waals surface area contributed by atoms with E-state index >= 15 is 0 Å². The molecule has 2 aliphatic heterocycles. The number of carboxylic acids is 1. The molecule has 2 unspecified atom stereocenters. The Morgan fingerprint density at radius 2 is 1.44 bits per heavy atom. The number of nitrogens with one attached hydrogen (secondary N) is 4.